The monoisotopic (exact) mass is 340 g/mol. The third-order valence-corrected chi connectivity index (χ3v) is 5.01. The Morgan fingerprint density at radius 2 is 1.88 bits per heavy atom. The van der Waals surface area contributed by atoms with Gasteiger partial charge in [-0.3, -0.25) is 14.5 Å². The maximum atomic E-state index is 13.0. The Kier molecular flexibility index (Phi) is 5.34. The van der Waals surface area contributed by atoms with Gasteiger partial charge in [0.25, 0.3) is 5.91 Å². The summed E-state index contributed by atoms with van der Waals surface area (Å²) in [6.07, 6.45) is 2.62. The van der Waals surface area contributed by atoms with Crippen LogP contribution in [-0.4, -0.2) is 59.5 Å². The molecule has 0 radical (unpaired) electrons. The lowest BCUT2D eigenvalue weighted by atomic mass is 10.0. The van der Waals surface area contributed by atoms with Gasteiger partial charge in [-0.25, -0.2) is 0 Å². The van der Waals surface area contributed by atoms with E-state index in [1.54, 1.807) is 0 Å². The van der Waals surface area contributed by atoms with Crippen molar-refractivity contribution in [1.82, 2.24) is 9.80 Å². The number of hydrogen-bond donors (Lipinski definition) is 1. The van der Waals surface area contributed by atoms with E-state index in [1.165, 1.54) is 0 Å². The van der Waals surface area contributed by atoms with E-state index in [0.29, 0.717) is 6.54 Å². The van der Waals surface area contributed by atoms with E-state index < -0.39 is 5.97 Å². The summed E-state index contributed by atoms with van der Waals surface area (Å²) >= 11 is 0. The Hall–Kier alpha value is -2.40. The Labute approximate surface area is 147 Å². The number of nitrogens with zero attached hydrogens (tertiary/aromatic N) is 2. The summed E-state index contributed by atoms with van der Waals surface area (Å²) in [7, 11) is 1.85. The van der Waals surface area contributed by atoms with Crippen LogP contribution in [0.25, 0.3) is 10.8 Å². The van der Waals surface area contributed by atoms with Crippen molar-refractivity contribution in [3.63, 3.8) is 0 Å². The van der Waals surface area contributed by atoms with Crippen molar-refractivity contribution in [2.45, 2.75) is 25.3 Å². The smallest absolute Gasteiger partial charge is 0.317 e. The van der Waals surface area contributed by atoms with Crippen LogP contribution in [-0.2, 0) is 4.79 Å². The fraction of sp³-hybridized carbons (Fsp3) is 0.400. The summed E-state index contributed by atoms with van der Waals surface area (Å²) in [5, 5.41) is 11.0. The van der Waals surface area contributed by atoms with E-state index in [9.17, 15) is 9.59 Å². The summed E-state index contributed by atoms with van der Waals surface area (Å²) < 4.78 is 0. The highest BCUT2D eigenvalue weighted by Gasteiger charge is 2.25. The zero-order valence-electron chi connectivity index (χ0n) is 14.5. The molecule has 2 aromatic rings. The zero-order chi connectivity index (χ0) is 17.8. The number of likely N-dealkylation sites (N-methyl/N-ethyl adjacent to an activating group) is 1. The lowest BCUT2D eigenvalue weighted by Crippen LogP contribution is -2.37. The molecule has 1 heterocycles. The topological polar surface area (TPSA) is 60.9 Å². The van der Waals surface area contributed by atoms with Crippen LogP contribution in [0.4, 0.5) is 0 Å². The predicted molar refractivity (Wildman–Crippen MR) is 97.8 cm³/mol. The normalized spacial score (nSPS) is 18.3. The SMILES string of the molecule is CN(CC(=O)O)C1CCCN(C(=O)c2cccc3ccccc23)CC1. The summed E-state index contributed by atoms with van der Waals surface area (Å²) in [6, 6.07) is 14.0. The number of rotatable bonds is 4. The van der Waals surface area contributed by atoms with Crippen LogP contribution in [0, 0.1) is 0 Å². The van der Waals surface area contributed by atoms with Crippen LogP contribution in [0.3, 0.4) is 0 Å². The van der Waals surface area contributed by atoms with Crippen molar-refractivity contribution in [1.29, 1.82) is 0 Å². The third-order valence-electron chi connectivity index (χ3n) is 5.01. The quantitative estimate of drug-likeness (QED) is 0.930. The van der Waals surface area contributed by atoms with Gasteiger partial charge in [0, 0.05) is 24.7 Å². The van der Waals surface area contributed by atoms with Gasteiger partial charge in [0.1, 0.15) is 0 Å². The molecular weight excluding hydrogens is 316 g/mol. The van der Waals surface area contributed by atoms with E-state index in [4.69, 9.17) is 5.11 Å². The number of likely N-dealkylation sites (tertiary alicyclic amines) is 1. The maximum absolute atomic E-state index is 13.0. The summed E-state index contributed by atoms with van der Waals surface area (Å²) in [5.41, 5.74) is 0.746. The Morgan fingerprint density at radius 1 is 1.12 bits per heavy atom. The first-order chi connectivity index (χ1) is 12.1. The maximum Gasteiger partial charge on any atom is 0.317 e. The molecule has 3 rings (SSSR count). The van der Waals surface area contributed by atoms with Gasteiger partial charge < -0.3 is 10.0 Å². The van der Waals surface area contributed by atoms with Gasteiger partial charge in [-0.1, -0.05) is 36.4 Å². The fourth-order valence-electron chi connectivity index (χ4n) is 3.65. The molecule has 5 nitrogen and oxygen atoms in total. The number of carbonyl (C=O) groups is 2. The molecule has 1 fully saturated rings. The predicted octanol–water partition coefficient (Wildman–Crippen LogP) is 2.85. The molecule has 1 saturated heterocycles. The molecule has 1 amide bonds. The second kappa shape index (κ2) is 7.66. The molecule has 0 saturated carbocycles. The first-order valence-corrected chi connectivity index (χ1v) is 8.75. The summed E-state index contributed by atoms with van der Waals surface area (Å²) in [5.74, 6) is -0.742. The highest BCUT2D eigenvalue weighted by molar-refractivity contribution is 6.07. The van der Waals surface area contributed by atoms with Crippen molar-refractivity contribution < 1.29 is 14.7 Å². The summed E-state index contributed by atoms with van der Waals surface area (Å²) in [4.78, 5) is 27.7. The van der Waals surface area contributed by atoms with Gasteiger partial charge in [-0.05, 0) is 43.1 Å². The highest BCUT2D eigenvalue weighted by Crippen LogP contribution is 2.22. The van der Waals surface area contributed by atoms with Crippen molar-refractivity contribution >= 4 is 22.6 Å². The first kappa shape index (κ1) is 17.4. The first-order valence-electron chi connectivity index (χ1n) is 8.75. The standard InChI is InChI=1S/C20H24N2O3/c1-21(14-19(23)24)16-8-5-12-22(13-11-16)20(25)18-10-4-7-15-6-2-3-9-17(15)18/h2-4,6-7,9-10,16H,5,8,11-14H2,1H3,(H,23,24). The van der Waals surface area contributed by atoms with Crippen LogP contribution >= 0.6 is 0 Å². The minimum atomic E-state index is -0.810. The number of fused-ring (bicyclic) bond motifs is 1. The molecule has 1 unspecified atom stereocenters. The van der Waals surface area contributed by atoms with Gasteiger partial charge in [0.15, 0.2) is 0 Å². The Bertz CT molecular complexity index is 769. The number of benzene rings is 2. The van der Waals surface area contributed by atoms with Crippen LogP contribution in [0.15, 0.2) is 42.5 Å². The molecule has 2 aromatic carbocycles. The van der Waals surface area contributed by atoms with E-state index in [-0.39, 0.29) is 18.5 Å². The lowest BCUT2D eigenvalue weighted by molar-refractivity contribution is -0.138. The number of carboxylic acids is 1. The van der Waals surface area contributed by atoms with E-state index in [1.807, 2.05) is 59.3 Å². The van der Waals surface area contributed by atoms with Gasteiger partial charge in [0.2, 0.25) is 0 Å². The van der Waals surface area contributed by atoms with Crippen LogP contribution in [0.2, 0.25) is 0 Å². The van der Waals surface area contributed by atoms with Gasteiger partial charge >= 0.3 is 5.97 Å². The average Bonchev–Trinajstić information content (AvgIpc) is 2.86. The highest BCUT2D eigenvalue weighted by atomic mass is 16.4. The van der Waals surface area contributed by atoms with Crippen molar-refractivity contribution in [2.24, 2.45) is 0 Å². The molecule has 0 aliphatic carbocycles. The number of carboxylic acid groups (broad SMARTS) is 1. The number of aliphatic carboxylic acids is 1. The number of amides is 1. The van der Waals surface area contributed by atoms with E-state index >= 15 is 0 Å². The second-order valence-electron chi connectivity index (χ2n) is 6.71. The minimum absolute atomic E-state index is 0.0436. The molecule has 1 N–H and O–H groups in total. The number of hydrogen-bond acceptors (Lipinski definition) is 3. The molecule has 5 heteroatoms. The van der Waals surface area contributed by atoms with Crippen molar-refractivity contribution in [3.8, 4) is 0 Å². The molecule has 1 aliphatic rings. The van der Waals surface area contributed by atoms with E-state index in [2.05, 4.69) is 0 Å². The fourth-order valence-corrected chi connectivity index (χ4v) is 3.65. The van der Waals surface area contributed by atoms with Crippen LogP contribution < -0.4 is 0 Å². The lowest BCUT2D eigenvalue weighted by Gasteiger charge is -2.25. The Morgan fingerprint density at radius 3 is 2.68 bits per heavy atom. The average molecular weight is 340 g/mol. The molecule has 25 heavy (non-hydrogen) atoms. The van der Waals surface area contributed by atoms with Gasteiger partial charge in [-0.15, -0.1) is 0 Å². The molecule has 0 bridgehead atoms. The molecule has 1 atom stereocenters. The zero-order valence-corrected chi connectivity index (χ0v) is 14.5. The molecule has 0 aromatic heterocycles. The third kappa shape index (κ3) is 3.99. The minimum Gasteiger partial charge on any atom is -0.480 e. The molecular formula is C20H24N2O3. The van der Waals surface area contributed by atoms with Crippen LogP contribution in [0.1, 0.15) is 29.6 Å². The summed E-state index contributed by atoms with van der Waals surface area (Å²) in [6.45, 7) is 1.43. The molecule has 132 valence electrons. The number of carbonyl (C=O) groups excluding carboxylic acids is 1. The van der Waals surface area contributed by atoms with Gasteiger partial charge in [-0.2, -0.15) is 0 Å². The largest absolute Gasteiger partial charge is 0.480 e. The molecule has 0 spiro atoms. The second-order valence-corrected chi connectivity index (χ2v) is 6.71. The van der Waals surface area contributed by atoms with Crippen molar-refractivity contribution in [3.05, 3.63) is 48.0 Å². The van der Waals surface area contributed by atoms with Gasteiger partial charge in [0.05, 0.1) is 6.54 Å². The van der Waals surface area contributed by atoms with Crippen LogP contribution in [0.5, 0.6) is 0 Å². The Balaban J connectivity index is 1.74. The molecule has 1 aliphatic heterocycles. The van der Waals surface area contributed by atoms with E-state index in [0.717, 1.165) is 42.1 Å². The van der Waals surface area contributed by atoms with Crippen molar-refractivity contribution in [2.75, 3.05) is 26.7 Å².